The van der Waals surface area contributed by atoms with Crippen LogP contribution >= 0.6 is 0 Å². The van der Waals surface area contributed by atoms with E-state index in [0.29, 0.717) is 12.3 Å². The maximum absolute atomic E-state index is 13.4. The predicted molar refractivity (Wildman–Crippen MR) is 132 cm³/mol. The number of hydrogen-bond acceptors (Lipinski definition) is 5. The van der Waals surface area contributed by atoms with Gasteiger partial charge in [0.2, 0.25) is 0 Å². The lowest BCUT2D eigenvalue weighted by molar-refractivity contribution is -0.147. The first-order chi connectivity index (χ1) is 15.6. The molecule has 5 nitrogen and oxygen atoms in total. The quantitative estimate of drug-likeness (QED) is 0.375. The van der Waals surface area contributed by atoms with Gasteiger partial charge < -0.3 is 19.4 Å². The number of aliphatic hydroxyl groups excluding tert-OH is 2. The largest absolute Gasteiger partial charge is 0.469 e. The molecule has 1 saturated heterocycles. The first-order valence-corrected chi connectivity index (χ1v) is 13.2. The summed E-state index contributed by atoms with van der Waals surface area (Å²) in [5.41, 5.74) is 0. The van der Waals surface area contributed by atoms with Gasteiger partial charge in [0.05, 0.1) is 30.7 Å². The van der Waals surface area contributed by atoms with Crippen LogP contribution in [0.4, 0.5) is 0 Å². The Morgan fingerprint density at radius 1 is 1.12 bits per heavy atom. The Bertz CT molecular complexity index is 686. The fraction of sp³-hybridized carbons (Fsp3) is 0.821. The highest BCUT2D eigenvalue weighted by molar-refractivity contribution is 5.84. The lowest BCUT2D eigenvalue weighted by atomic mass is 9.75. The molecular weight excluding hydrogens is 416 g/mol. The van der Waals surface area contributed by atoms with Crippen LogP contribution in [0.5, 0.6) is 0 Å². The van der Waals surface area contributed by atoms with Gasteiger partial charge in [-0.3, -0.25) is 4.79 Å². The average Bonchev–Trinajstić information content (AvgIpc) is 3.34. The van der Waals surface area contributed by atoms with E-state index in [1.54, 1.807) is 6.26 Å². The van der Waals surface area contributed by atoms with E-state index in [1.807, 2.05) is 39.8 Å². The molecule has 0 amide bonds. The van der Waals surface area contributed by atoms with Crippen LogP contribution in [0.25, 0.3) is 0 Å². The fourth-order valence-electron chi connectivity index (χ4n) is 5.76. The van der Waals surface area contributed by atoms with Crippen molar-refractivity contribution in [2.24, 2.45) is 29.6 Å². The van der Waals surface area contributed by atoms with E-state index < -0.39 is 24.0 Å². The Morgan fingerprint density at radius 2 is 1.82 bits per heavy atom. The lowest BCUT2D eigenvalue weighted by Gasteiger charge is -2.41. The van der Waals surface area contributed by atoms with E-state index >= 15 is 0 Å². The number of aliphatic hydroxyl groups is 2. The van der Waals surface area contributed by atoms with Crippen LogP contribution in [0, 0.1) is 29.6 Å². The Hall–Kier alpha value is -1.17. The summed E-state index contributed by atoms with van der Waals surface area (Å²) in [5, 5.41) is 22.3. The topological polar surface area (TPSA) is 79.9 Å². The third kappa shape index (κ3) is 7.16. The summed E-state index contributed by atoms with van der Waals surface area (Å²) in [6.07, 6.45) is 5.92. The number of furan rings is 1. The second-order valence-corrected chi connectivity index (χ2v) is 10.7. The van der Waals surface area contributed by atoms with Crippen LogP contribution in [0.3, 0.4) is 0 Å². The highest BCUT2D eigenvalue weighted by Crippen LogP contribution is 2.35. The van der Waals surface area contributed by atoms with Crippen molar-refractivity contribution in [2.75, 3.05) is 0 Å². The van der Waals surface area contributed by atoms with Crippen molar-refractivity contribution in [1.82, 2.24) is 0 Å². The van der Waals surface area contributed by atoms with Crippen LogP contribution in [-0.2, 0) is 9.53 Å². The van der Waals surface area contributed by atoms with Crippen molar-refractivity contribution in [2.45, 2.75) is 117 Å². The molecule has 0 spiro atoms. The molecule has 10 atom stereocenters. The predicted octanol–water partition coefficient (Wildman–Crippen LogP) is 5.98. The van der Waals surface area contributed by atoms with E-state index in [4.69, 9.17) is 9.15 Å². The molecule has 33 heavy (non-hydrogen) atoms. The molecule has 2 heterocycles. The van der Waals surface area contributed by atoms with Crippen molar-refractivity contribution in [1.29, 1.82) is 0 Å². The number of hydrogen-bond donors (Lipinski definition) is 2. The van der Waals surface area contributed by atoms with E-state index in [0.717, 1.165) is 37.9 Å². The van der Waals surface area contributed by atoms with Crippen molar-refractivity contribution >= 4 is 5.78 Å². The zero-order valence-electron chi connectivity index (χ0n) is 21.9. The van der Waals surface area contributed by atoms with Crippen LogP contribution in [0.2, 0.25) is 0 Å². The van der Waals surface area contributed by atoms with Gasteiger partial charge in [-0.1, -0.05) is 54.9 Å². The summed E-state index contributed by atoms with van der Waals surface area (Å²) in [4.78, 5) is 13.4. The summed E-state index contributed by atoms with van der Waals surface area (Å²) in [6.45, 7) is 14.2. The highest BCUT2D eigenvalue weighted by atomic mass is 16.5. The Labute approximate surface area is 201 Å². The molecule has 190 valence electrons. The van der Waals surface area contributed by atoms with E-state index in [1.165, 1.54) is 0 Å². The van der Waals surface area contributed by atoms with Gasteiger partial charge in [-0.2, -0.15) is 0 Å². The molecule has 2 N–H and O–H groups in total. The summed E-state index contributed by atoms with van der Waals surface area (Å²) < 4.78 is 11.9. The molecule has 0 saturated carbocycles. The maximum atomic E-state index is 13.4. The molecule has 0 radical (unpaired) electrons. The van der Waals surface area contributed by atoms with Gasteiger partial charge in [-0.15, -0.1) is 0 Å². The van der Waals surface area contributed by atoms with Crippen molar-refractivity contribution in [3.8, 4) is 0 Å². The molecule has 1 fully saturated rings. The first kappa shape index (κ1) is 28.1. The lowest BCUT2D eigenvalue weighted by Crippen LogP contribution is -2.47. The Morgan fingerprint density at radius 3 is 2.39 bits per heavy atom. The molecular formula is C28H48O5. The molecule has 1 aromatic rings. The number of ether oxygens (including phenoxy) is 1. The maximum Gasteiger partial charge on any atom is 0.143 e. The standard InChI is InChI=1S/C28H48O5/c1-8-11-22-14-13-17(3)28(33-22)21(7)26(30)20(6)27(31)23(9-2)25(29)19(5)16-18(4)24-12-10-15-32-24/h10,12,15,17-23,25-26,28-30H,8-9,11,13-14,16H2,1-7H3/t17?,18-,19+,20+,21+,22+,23-,25+,26-,28-/m1/s1. The molecule has 1 aromatic heterocycles. The molecule has 1 aliphatic heterocycles. The van der Waals surface area contributed by atoms with Gasteiger partial charge in [0.15, 0.2) is 0 Å². The first-order valence-electron chi connectivity index (χ1n) is 13.2. The fourth-order valence-corrected chi connectivity index (χ4v) is 5.76. The normalized spacial score (nSPS) is 27.8. The SMILES string of the molecule is CCC[C@H]1CCC(C)[C@H]([C@@H](C)[C@H](O)[C@H](C)C(=O)[C@H](CC)[C@@H](O)[C@@H](C)C[C@@H](C)c2ccco2)O1. The monoisotopic (exact) mass is 464 g/mol. The summed E-state index contributed by atoms with van der Waals surface area (Å²) in [6, 6.07) is 3.82. The number of rotatable bonds is 13. The Balaban J connectivity index is 2.02. The van der Waals surface area contributed by atoms with Gasteiger partial charge >= 0.3 is 0 Å². The van der Waals surface area contributed by atoms with Crippen LogP contribution in [-0.4, -0.2) is 40.4 Å². The number of carbonyl (C=O) groups is 1. The minimum Gasteiger partial charge on any atom is -0.469 e. The zero-order chi connectivity index (χ0) is 24.7. The summed E-state index contributed by atoms with van der Waals surface area (Å²) in [7, 11) is 0. The zero-order valence-corrected chi connectivity index (χ0v) is 21.9. The number of carbonyl (C=O) groups excluding carboxylic acids is 1. The van der Waals surface area contributed by atoms with Crippen molar-refractivity contribution in [3.05, 3.63) is 24.2 Å². The molecule has 0 aliphatic carbocycles. The third-order valence-electron chi connectivity index (χ3n) is 8.04. The van der Waals surface area contributed by atoms with Gasteiger partial charge in [0.1, 0.15) is 11.5 Å². The smallest absolute Gasteiger partial charge is 0.143 e. The average molecular weight is 465 g/mol. The molecule has 1 aliphatic rings. The number of Topliss-reactive ketones (excluding diaryl/α,β-unsaturated/α-hetero) is 1. The van der Waals surface area contributed by atoms with Gasteiger partial charge in [-0.25, -0.2) is 0 Å². The Kier molecular flexibility index (Phi) is 11.1. The van der Waals surface area contributed by atoms with Crippen LogP contribution in [0.15, 0.2) is 22.8 Å². The molecule has 5 heteroatoms. The van der Waals surface area contributed by atoms with E-state index in [2.05, 4.69) is 20.8 Å². The molecule has 0 aromatic carbocycles. The molecule has 2 rings (SSSR count). The van der Waals surface area contributed by atoms with Crippen molar-refractivity contribution < 1.29 is 24.2 Å². The highest BCUT2D eigenvalue weighted by Gasteiger charge is 2.41. The van der Waals surface area contributed by atoms with Gasteiger partial charge in [0, 0.05) is 23.7 Å². The van der Waals surface area contributed by atoms with E-state index in [9.17, 15) is 15.0 Å². The molecule has 0 bridgehead atoms. The minimum atomic E-state index is -0.788. The van der Waals surface area contributed by atoms with E-state index in [-0.39, 0.29) is 35.7 Å². The number of ketones is 1. The van der Waals surface area contributed by atoms with Gasteiger partial charge in [0.25, 0.3) is 0 Å². The third-order valence-corrected chi connectivity index (χ3v) is 8.04. The summed E-state index contributed by atoms with van der Waals surface area (Å²) in [5.74, 6) is 0.156. The second-order valence-electron chi connectivity index (χ2n) is 10.7. The summed E-state index contributed by atoms with van der Waals surface area (Å²) >= 11 is 0. The molecule has 1 unspecified atom stereocenters. The van der Waals surface area contributed by atoms with Gasteiger partial charge in [-0.05, 0) is 56.1 Å². The second kappa shape index (κ2) is 13.1. The minimum absolute atomic E-state index is 0.0429. The van der Waals surface area contributed by atoms with Crippen LogP contribution in [0.1, 0.15) is 98.7 Å². The van der Waals surface area contributed by atoms with Crippen LogP contribution < -0.4 is 0 Å². The van der Waals surface area contributed by atoms with Crippen molar-refractivity contribution in [3.63, 3.8) is 0 Å².